The summed E-state index contributed by atoms with van der Waals surface area (Å²) in [7, 11) is 3.27. The number of rotatable bonds is 7. The first-order valence-corrected chi connectivity index (χ1v) is 12.4. The molecule has 3 heterocycles. The molecular formula is C25H24Cl2N6O4. The molecule has 0 amide bonds. The van der Waals surface area contributed by atoms with Crippen molar-refractivity contribution in [2.24, 2.45) is 20.0 Å². The number of nitrogens with one attached hydrogen (secondary N) is 1. The fourth-order valence-corrected chi connectivity index (χ4v) is 4.73. The lowest BCUT2D eigenvalue weighted by Gasteiger charge is -2.10. The minimum absolute atomic E-state index is 0.00985. The van der Waals surface area contributed by atoms with Gasteiger partial charge in [0.15, 0.2) is 11.2 Å². The molecule has 0 bridgehead atoms. The fourth-order valence-electron chi connectivity index (χ4n) is 4.40. The summed E-state index contributed by atoms with van der Waals surface area (Å²) in [5.41, 5.74) is 1.68. The Morgan fingerprint density at radius 2 is 1.92 bits per heavy atom. The number of aromatic nitrogens is 5. The van der Waals surface area contributed by atoms with Gasteiger partial charge in [0.25, 0.3) is 5.56 Å². The van der Waals surface area contributed by atoms with Gasteiger partial charge in [0, 0.05) is 37.6 Å². The number of pyridine rings is 1. The Hall–Kier alpha value is -3.63. The first-order chi connectivity index (χ1) is 17.7. The molecule has 1 aliphatic rings. The molecule has 192 valence electrons. The molecule has 1 saturated carbocycles. The molecule has 3 aromatic heterocycles. The van der Waals surface area contributed by atoms with Gasteiger partial charge >= 0.3 is 11.7 Å². The van der Waals surface area contributed by atoms with Crippen molar-refractivity contribution in [1.82, 2.24) is 23.7 Å². The molecule has 37 heavy (non-hydrogen) atoms. The molecule has 0 unspecified atom stereocenters. The van der Waals surface area contributed by atoms with Crippen LogP contribution in [0.1, 0.15) is 30.5 Å². The van der Waals surface area contributed by atoms with E-state index in [0.29, 0.717) is 40.3 Å². The lowest BCUT2D eigenvalue weighted by atomic mass is 10.2. The molecule has 1 aliphatic carbocycles. The maximum absolute atomic E-state index is 13.4. The SMILES string of the molecule is CCOC(=O)[C@H]1C[C@@H]1c1cc(Nc2nc3c(c(=O)n(Cc4ccc(Cl)c(Cl)c4)c(=O)n3C)n2C)ccn1. The van der Waals surface area contributed by atoms with Crippen LogP contribution in [0.4, 0.5) is 11.6 Å². The number of anilines is 2. The summed E-state index contributed by atoms with van der Waals surface area (Å²) in [6.45, 7) is 2.16. The quantitative estimate of drug-likeness (QED) is 0.355. The molecule has 2 atom stereocenters. The zero-order chi connectivity index (χ0) is 26.4. The summed E-state index contributed by atoms with van der Waals surface area (Å²) in [6.07, 6.45) is 2.35. The van der Waals surface area contributed by atoms with E-state index in [9.17, 15) is 14.4 Å². The van der Waals surface area contributed by atoms with Crippen molar-refractivity contribution in [3.05, 3.63) is 78.7 Å². The fraction of sp³-hybridized carbons (Fsp3) is 0.320. The molecule has 0 saturated heterocycles. The van der Waals surface area contributed by atoms with E-state index in [0.717, 1.165) is 10.3 Å². The van der Waals surface area contributed by atoms with Gasteiger partial charge in [0.1, 0.15) is 0 Å². The first-order valence-electron chi connectivity index (χ1n) is 11.7. The Morgan fingerprint density at radius 1 is 1.14 bits per heavy atom. The molecule has 5 rings (SSSR count). The molecule has 1 N–H and O–H groups in total. The van der Waals surface area contributed by atoms with Crippen LogP contribution in [0.2, 0.25) is 10.0 Å². The van der Waals surface area contributed by atoms with Crippen molar-refractivity contribution in [3.8, 4) is 0 Å². The zero-order valence-electron chi connectivity index (χ0n) is 20.4. The van der Waals surface area contributed by atoms with Crippen molar-refractivity contribution < 1.29 is 9.53 Å². The normalized spacial score (nSPS) is 16.7. The van der Waals surface area contributed by atoms with Gasteiger partial charge in [-0.05, 0) is 43.2 Å². The van der Waals surface area contributed by atoms with Crippen LogP contribution in [0, 0.1) is 5.92 Å². The molecule has 12 heteroatoms. The maximum Gasteiger partial charge on any atom is 0.332 e. The van der Waals surface area contributed by atoms with Gasteiger partial charge in [0.05, 0.1) is 29.1 Å². The van der Waals surface area contributed by atoms with Crippen molar-refractivity contribution in [1.29, 1.82) is 0 Å². The molecule has 10 nitrogen and oxygen atoms in total. The van der Waals surface area contributed by atoms with E-state index in [-0.39, 0.29) is 35.5 Å². The van der Waals surface area contributed by atoms with Crippen molar-refractivity contribution in [3.63, 3.8) is 0 Å². The molecular weight excluding hydrogens is 519 g/mol. The number of benzene rings is 1. The third-order valence-electron chi connectivity index (χ3n) is 6.48. The molecule has 0 aliphatic heterocycles. The van der Waals surface area contributed by atoms with Crippen LogP contribution in [0.3, 0.4) is 0 Å². The minimum Gasteiger partial charge on any atom is -0.466 e. The van der Waals surface area contributed by atoms with Gasteiger partial charge in [0.2, 0.25) is 5.95 Å². The van der Waals surface area contributed by atoms with Gasteiger partial charge in [-0.1, -0.05) is 29.3 Å². The van der Waals surface area contributed by atoms with E-state index in [1.54, 1.807) is 56.0 Å². The van der Waals surface area contributed by atoms with Crippen LogP contribution in [0.15, 0.2) is 46.1 Å². The number of ether oxygens (including phenoxy) is 1. The van der Waals surface area contributed by atoms with Crippen molar-refractivity contribution >= 4 is 52.0 Å². The highest BCUT2D eigenvalue weighted by molar-refractivity contribution is 6.42. The van der Waals surface area contributed by atoms with Crippen LogP contribution in [-0.2, 0) is 30.2 Å². The zero-order valence-corrected chi connectivity index (χ0v) is 21.9. The summed E-state index contributed by atoms with van der Waals surface area (Å²) >= 11 is 12.1. The Labute approximate surface area is 221 Å². The second-order valence-electron chi connectivity index (χ2n) is 8.94. The average Bonchev–Trinajstić information content (AvgIpc) is 3.62. The van der Waals surface area contributed by atoms with Crippen LogP contribution in [0.5, 0.6) is 0 Å². The first kappa shape index (κ1) is 25.0. The standard InChI is InChI=1S/C25H24Cl2N6O4/c1-4-37-23(35)16-11-15(16)19-10-14(7-8-28-19)29-24-30-21-20(31(24)2)22(34)33(25(36)32(21)3)12-13-5-6-17(26)18(27)9-13/h5-10,15-16H,4,11-12H2,1-3H3,(H,28,29,30)/t15-,16-/m0/s1. The Balaban J connectivity index is 1.47. The Morgan fingerprint density at radius 3 is 2.65 bits per heavy atom. The van der Waals surface area contributed by atoms with Gasteiger partial charge in [-0.15, -0.1) is 0 Å². The lowest BCUT2D eigenvalue weighted by Crippen LogP contribution is -2.39. The number of halogens is 2. The molecule has 1 aromatic carbocycles. The van der Waals surface area contributed by atoms with Gasteiger partial charge in [-0.2, -0.15) is 4.98 Å². The maximum atomic E-state index is 13.4. The number of fused-ring (bicyclic) bond motifs is 1. The third-order valence-corrected chi connectivity index (χ3v) is 7.22. The second kappa shape index (κ2) is 9.68. The number of esters is 1. The van der Waals surface area contributed by atoms with E-state index >= 15 is 0 Å². The predicted octanol–water partition coefficient (Wildman–Crippen LogP) is 3.59. The van der Waals surface area contributed by atoms with E-state index in [1.165, 1.54) is 4.57 Å². The van der Waals surface area contributed by atoms with E-state index in [1.807, 2.05) is 6.07 Å². The van der Waals surface area contributed by atoms with Crippen LogP contribution < -0.4 is 16.6 Å². The lowest BCUT2D eigenvalue weighted by molar-refractivity contribution is -0.144. The highest BCUT2D eigenvalue weighted by Crippen LogP contribution is 2.47. The smallest absolute Gasteiger partial charge is 0.332 e. The minimum atomic E-state index is -0.502. The number of hydrogen-bond donors (Lipinski definition) is 1. The molecule has 0 spiro atoms. The van der Waals surface area contributed by atoms with Crippen molar-refractivity contribution in [2.75, 3.05) is 11.9 Å². The monoisotopic (exact) mass is 542 g/mol. The highest BCUT2D eigenvalue weighted by Gasteiger charge is 2.46. The average molecular weight is 543 g/mol. The van der Waals surface area contributed by atoms with Gasteiger partial charge < -0.3 is 14.6 Å². The third kappa shape index (κ3) is 4.62. The molecule has 0 radical (unpaired) electrons. The van der Waals surface area contributed by atoms with Gasteiger partial charge in [-0.25, -0.2) is 4.79 Å². The Kier molecular flexibility index (Phi) is 6.55. The molecule has 1 fully saturated rings. The summed E-state index contributed by atoms with van der Waals surface area (Å²) in [5, 5.41) is 3.94. The highest BCUT2D eigenvalue weighted by atomic mass is 35.5. The van der Waals surface area contributed by atoms with Crippen LogP contribution in [0.25, 0.3) is 11.2 Å². The topological polar surface area (TPSA) is 113 Å². The number of carbonyl (C=O) groups excluding carboxylic acids is 1. The number of hydrogen-bond acceptors (Lipinski definition) is 7. The number of nitrogens with zero attached hydrogens (tertiary/aromatic N) is 5. The summed E-state index contributed by atoms with van der Waals surface area (Å²) in [5.74, 6) is 0.00274. The number of imidazole rings is 1. The van der Waals surface area contributed by atoms with Crippen LogP contribution >= 0.6 is 23.2 Å². The van der Waals surface area contributed by atoms with Crippen LogP contribution in [-0.4, -0.2) is 36.2 Å². The number of aryl methyl sites for hydroxylation is 2. The summed E-state index contributed by atoms with van der Waals surface area (Å²) < 4.78 is 9.21. The summed E-state index contributed by atoms with van der Waals surface area (Å²) in [4.78, 5) is 47.4. The second-order valence-corrected chi connectivity index (χ2v) is 9.76. The Bertz CT molecular complexity index is 1660. The van der Waals surface area contributed by atoms with Crippen molar-refractivity contribution in [2.45, 2.75) is 25.8 Å². The van der Waals surface area contributed by atoms with E-state index < -0.39 is 11.2 Å². The summed E-state index contributed by atoms with van der Waals surface area (Å²) in [6, 6.07) is 8.59. The molecule has 4 aromatic rings. The van der Waals surface area contributed by atoms with E-state index in [2.05, 4.69) is 15.3 Å². The predicted molar refractivity (Wildman–Crippen MR) is 141 cm³/mol. The van der Waals surface area contributed by atoms with E-state index in [4.69, 9.17) is 27.9 Å². The number of carbonyl (C=O) groups is 1. The van der Waals surface area contributed by atoms with Gasteiger partial charge in [-0.3, -0.25) is 23.7 Å². The largest absolute Gasteiger partial charge is 0.466 e.